The Kier molecular flexibility index (Phi) is 3.78. The predicted octanol–water partition coefficient (Wildman–Crippen LogP) is 2.51. The second-order valence-corrected chi connectivity index (χ2v) is 4.24. The average Bonchev–Trinajstić information content (AvgIpc) is 2.87. The quantitative estimate of drug-likeness (QED) is 0.676. The first-order chi connectivity index (χ1) is 8.66. The molecule has 0 saturated heterocycles. The maximum absolute atomic E-state index is 11.4. The van der Waals surface area contributed by atoms with Crippen LogP contribution in [0.15, 0.2) is 50.6 Å². The van der Waals surface area contributed by atoms with Gasteiger partial charge in [-0.2, -0.15) is 5.10 Å². The highest BCUT2D eigenvalue weighted by Crippen LogP contribution is 2.23. The van der Waals surface area contributed by atoms with E-state index in [0.29, 0.717) is 4.47 Å². The van der Waals surface area contributed by atoms with E-state index in [2.05, 4.69) is 26.5 Å². The molecule has 0 aliphatic heterocycles. The van der Waals surface area contributed by atoms with E-state index in [1.54, 1.807) is 24.3 Å². The van der Waals surface area contributed by atoms with Crippen molar-refractivity contribution in [1.82, 2.24) is 5.43 Å². The summed E-state index contributed by atoms with van der Waals surface area (Å²) in [4.78, 5) is 11.4. The summed E-state index contributed by atoms with van der Waals surface area (Å²) in [5.41, 5.74) is 3.06. The third kappa shape index (κ3) is 2.98. The van der Waals surface area contributed by atoms with Crippen LogP contribution in [0.25, 0.3) is 0 Å². The molecule has 0 aliphatic rings. The van der Waals surface area contributed by atoms with E-state index in [0.717, 1.165) is 5.56 Å². The number of hydrogen-bond acceptors (Lipinski definition) is 4. The van der Waals surface area contributed by atoms with Crippen molar-refractivity contribution in [3.63, 3.8) is 0 Å². The van der Waals surface area contributed by atoms with E-state index in [9.17, 15) is 9.90 Å². The number of nitrogens with one attached hydrogen (secondary N) is 1. The topological polar surface area (TPSA) is 74.8 Å². The third-order valence-corrected chi connectivity index (χ3v) is 2.73. The van der Waals surface area contributed by atoms with Crippen LogP contribution in [0.4, 0.5) is 0 Å². The van der Waals surface area contributed by atoms with Crippen LogP contribution in [0.5, 0.6) is 5.75 Å². The van der Waals surface area contributed by atoms with Gasteiger partial charge in [-0.3, -0.25) is 4.79 Å². The molecule has 2 N–H and O–H groups in total. The normalized spacial score (nSPS) is 10.7. The molecule has 0 atom stereocenters. The first kappa shape index (κ1) is 12.4. The molecule has 5 nitrogen and oxygen atoms in total. The largest absolute Gasteiger partial charge is 0.507 e. The first-order valence-corrected chi connectivity index (χ1v) is 5.81. The maximum atomic E-state index is 11.4. The molecule has 1 aromatic carbocycles. The van der Waals surface area contributed by atoms with Crippen LogP contribution in [0.1, 0.15) is 16.1 Å². The second-order valence-electron chi connectivity index (χ2n) is 3.39. The lowest BCUT2D eigenvalue weighted by molar-refractivity contribution is 0.0927. The predicted molar refractivity (Wildman–Crippen MR) is 69.6 cm³/mol. The van der Waals surface area contributed by atoms with Gasteiger partial charge in [-0.1, -0.05) is 0 Å². The fraction of sp³-hybridized carbons (Fsp3) is 0. The molecule has 92 valence electrons. The minimum Gasteiger partial charge on any atom is -0.507 e. The van der Waals surface area contributed by atoms with Crippen LogP contribution in [0.3, 0.4) is 0 Å². The van der Waals surface area contributed by atoms with Crippen molar-refractivity contribution in [2.75, 3.05) is 0 Å². The Balaban J connectivity index is 1.99. The third-order valence-electron chi connectivity index (χ3n) is 2.10. The van der Waals surface area contributed by atoms with Gasteiger partial charge in [0.2, 0.25) is 0 Å². The lowest BCUT2D eigenvalue weighted by Gasteiger charge is -1.98. The Morgan fingerprint density at radius 2 is 2.28 bits per heavy atom. The van der Waals surface area contributed by atoms with Gasteiger partial charge in [-0.25, -0.2) is 5.43 Å². The molecule has 0 unspecified atom stereocenters. The zero-order chi connectivity index (χ0) is 13.0. The van der Waals surface area contributed by atoms with Crippen molar-refractivity contribution in [3.05, 3.63) is 52.4 Å². The number of aromatic hydroxyl groups is 1. The fourth-order valence-corrected chi connectivity index (χ4v) is 1.63. The number of furan rings is 1. The summed E-state index contributed by atoms with van der Waals surface area (Å²) < 4.78 is 5.47. The van der Waals surface area contributed by atoms with Gasteiger partial charge in [0.05, 0.1) is 17.0 Å². The average molecular weight is 309 g/mol. The van der Waals surface area contributed by atoms with Crippen LogP contribution >= 0.6 is 15.9 Å². The van der Waals surface area contributed by atoms with Crippen LogP contribution in [-0.2, 0) is 0 Å². The molecule has 0 aliphatic carbocycles. The van der Waals surface area contributed by atoms with Crippen molar-refractivity contribution < 1.29 is 14.3 Å². The number of carbonyl (C=O) groups excluding carboxylic acids is 1. The summed E-state index contributed by atoms with van der Waals surface area (Å²) in [5, 5.41) is 13.1. The van der Waals surface area contributed by atoms with E-state index in [-0.39, 0.29) is 11.5 Å². The minimum absolute atomic E-state index is 0.145. The molecule has 0 spiro atoms. The highest BCUT2D eigenvalue weighted by molar-refractivity contribution is 9.10. The summed E-state index contributed by atoms with van der Waals surface area (Å²) in [6.45, 7) is 0. The SMILES string of the molecule is O=C(NN=Cc1ccc(O)c(Br)c1)c1ccco1. The van der Waals surface area contributed by atoms with Crippen molar-refractivity contribution in [2.45, 2.75) is 0 Å². The van der Waals surface area contributed by atoms with Crippen molar-refractivity contribution >= 4 is 28.1 Å². The maximum Gasteiger partial charge on any atom is 0.307 e. The zero-order valence-electron chi connectivity index (χ0n) is 9.13. The Morgan fingerprint density at radius 3 is 2.94 bits per heavy atom. The minimum atomic E-state index is -0.422. The van der Waals surface area contributed by atoms with Gasteiger partial charge in [-0.05, 0) is 51.8 Å². The van der Waals surface area contributed by atoms with E-state index in [4.69, 9.17) is 4.42 Å². The number of hydrazone groups is 1. The highest BCUT2D eigenvalue weighted by atomic mass is 79.9. The summed E-state index contributed by atoms with van der Waals surface area (Å²) in [7, 11) is 0. The molecule has 1 aromatic heterocycles. The molecular formula is C12H9BrN2O3. The van der Waals surface area contributed by atoms with E-state index >= 15 is 0 Å². The van der Waals surface area contributed by atoms with Crippen molar-refractivity contribution in [3.8, 4) is 5.75 Å². The van der Waals surface area contributed by atoms with Crippen LogP contribution < -0.4 is 5.43 Å². The van der Waals surface area contributed by atoms with Crippen molar-refractivity contribution in [2.24, 2.45) is 5.10 Å². The van der Waals surface area contributed by atoms with Crippen LogP contribution in [-0.4, -0.2) is 17.2 Å². The Bertz CT molecular complexity index is 579. The molecule has 0 radical (unpaired) electrons. The molecule has 6 heteroatoms. The van der Waals surface area contributed by atoms with Crippen LogP contribution in [0, 0.1) is 0 Å². The van der Waals surface area contributed by atoms with E-state index in [1.807, 2.05) is 0 Å². The van der Waals surface area contributed by atoms with E-state index in [1.165, 1.54) is 18.5 Å². The Labute approximate surface area is 111 Å². The molecule has 0 fully saturated rings. The molecule has 2 aromatic rings. The molecule has 1 heterocycles. The lowest BCUT2D eigenvalue weighted by atomic mass is 10.2. The number of carbonyl (C=O) groups is 1. The number of halogens is 1. The van der Waals surface area contributed by atoms with Gasteiger partial charge in [-0.15, -0.1) is 0 Å². The summed E-state index contributed by atoms with van der Waals surface area (Å²) in [6.07, 6.45) is 2.88. The summed E-state index contributed by atoms with van der Waals surface area (Å²) in [6, 6.07) is 8.04. The monoisotopic (exact) mass is 308 g/mol. The number of phenols is 1. The number of phenolic OH excluding ortho intramolecular Hbond substituents is 1. The molecule has 2 rings (SSSR count). The Morgan fingerprint density at radius 1 is 1.44 bits per heavy atom. The van der Waals surface area contributed by atoms with Gasteiger partial charge < -0.3 is 9.52 Å². The second kappa shape index (κ2) is 5.50. The number of rotatable bonds is 3. The van der Waals surface area contributed by atoms with Crippen molar-refractivity contribution in [1.29, 1.82) is 0 Å². The van der Waals surface area contributed by atoms with E-state index < -0.39 is 5.91 Å². The standard InChI is InChI=1S/C12H9BrN2O3/c13-9-6-8(3-4-10(9)16)7-14-15-12(17)11-2-1-5-18-11/h1-7,16H,(H,15,17). The van der Waals surface area contributed by atoms with Gasteiger partial charge in [0.15, 0.2) is 5.76 Å². The molecule has 1 amide bonds. The van der Waals surface area contributed by atoms with Gasteiger partial charge in [0, 0.05) is 0 Å². The number of hydrogen-bond donors (Lipinski definition) is 2. The molecule has 18 heavy (non-hydrogen) atoms. The summed E-state index contributed by atoms with van der Waals surface area (Å²) >= 11 is 3.18. The summed E-state index contributed by atoms with van der Waals surface area (Å²) in [5.74, 6) is -0.0834. The smallest absolute Gasteiger partial charge is 0.307 e. The molecular weight excluding hydrogens is 300 g/mol. The number of benzene rings is 1. The Hall–Kier alpha value is -2.08. The lowest BCUT2D eigenvalue weighted by Crippen LogP contribution is -2.16. The highest BCUT2D eigenvalue weighted by Gasteiger charge is 2.05. The fourth-order valence-electron chi connectivity index (χ4n) is 1.23. The molecule has 0 bridgehead atoms. The van der Waals surface area contributed by atoms with Gasteiger partial charge in [0.1, 0.15) is 5.75 Å². The zero-order valence-corrected chi connectivity index (χ0v) is 10.7. The van der Waals surface area contributed by atoms with Gasteiger partial charge in [0.25, 0.3) is 0 Å². The van der Waals surface area contributed by atoms with Crippen LogP contribution in [0.2, 0.25) is 0 Å². The van der Waals surface area contributed by atoms with Gasteiger partial charge >= 0.3 is 5.91 Å². The molecule has 0 saturated carbocycles. The number of amides is 1. The first-order valence-electron chi connectivity index (χ1n) is 5.02. The number of nitrogens with zero attached hydrogens (tertiary/aromatic N) is 1.